The van der Waals surface area contributed by atoms with Crippen LogP contribution in [0, 0.1) is 5.92 Å². The Hall–Kier alpha value is -1.93. The van der Waals surface area contributed by atoms with Crippen molar-refractivity contribution >= 4 is 5.69 Å². The van der Waals surface area contributed by atoms with E-state index in [9.17, 15) is 62.2 Å². The number of nitrogens with zero attached hydrogens (tertiary/aromatic N) is 1. The monoisotopic (exact) mass is 497 g/mol. The third-order valence-electron chi connectivity index (χ3n) is 4.75. The van der Waals surface area contributed by atoms with Crippen molar-refractivity contribution in [2.24, 2.45) is 5.92 Å². The maximum atomic E-state index is 14.2. The second-order valence-electron chi connectivity index (χ2n) is 7.14. The fourth-order valence-corrected chi connectivity index (χ4v) is 2.52. The predicted molar refractivity (Wildman–Crippen MR) is 85.7 cm³/mol. The Balaban J connectivity index is 3.42. The zero-order valence-corrected chi connectivity index (χ0v) is 16.3. The maximum Gasteiger partial charge on any atom is 0.460 e. The third-order valence-corrected chi connectivity index (χ3v) is 4.75. The van der Waals surface area contributed by atoms with E-state index in [0.717, 1.165) is 12.1 Å². The number of halogens is 13. The molecule has 2 unspecified atom stereocenters. The molecule has 0 fully saturated rings. The highest BCUT2D eigenvalue weighted by molar-refractivity contribution is 5.46. The summed E-state index contributed by atoms with van der Waals surface area (Å²) in [5.74, 6) is -40.8. The second-order valence-corrected chi connectivity index (χ2v) is 7.14. The van der Waals surface area contributed by atoms with Gasteiger partial charge in [0.05, 0.1) is 12.0 Å². The lowest BCUT2D eigenvalue weighted by Crippen LogP contribution is -2.71. The summed E-state index contributed by atoms with van der Waals surface area (Å²) in [6.45, 7) is 0.00849. The summed E-state index contributed by atoms with van der Waals surface area (Å²) in [5, 5.41) is 9.89. The van der Waals surface area contributed by atoms with Crippen molar-refractivity contribution in [1.82, 2.24) is 0 Å². The first-order chi connectivity index (χ1) is 14.0. The van der Waals surface area contributed by atoms with Crippen LogP contribution >= 0.6 is 0 Å². The molecule has 15 heteroatoms. The summed E-state index contributed by atoms with van der Waals surface area (Å²) in [6, 6.07) is 4.15. The van der Waals surface area contributed by atoms with E-state index >= 15 is 0 Å². The van der Waals surface area contributed by atoms with Crippen molar-refractivity contribution in [2.45, 2.75) is 48.8 Å². The van der Waals surface area contributed by atoms with Crippen LogP contribution in [0.1, 0.15) is 18.6 Å². The molecule has 0 spiro atoms. The second kappa shape index (κ2) is 8.13. The van der Waals surface area contributed by atoms with Gasteiger partial charge in [-0.3, -0.25) is 0 Å². The van der Waals surface area contributed by atoms with Gasteiger partial charge in [0.1, 0.15) is 0 Å². The maximum absolute atomic E-state index is 14.2. The van der Waals surface area contributed by atoms with Gasteiger partial charge in [0.25, 0.3) is 0 Å². The van der Waals surface area contributed by atoms with Crippen LogP contribution in [0.25, 0.3) is 0 Å². The molecule has 32 heavy (non-hydrogen) atoms. The number of aliphatic hydroxyl groups is 1. The average molecular weight is 497 g/mol. The molecule has 0 aliphatic heterocycles. The molecular formula is C17H16F13NO. The molecular weight excluding hydrogens is 481 g/mol. The number of rotatable bonds is 8. The van der Waals surface area contributed by atoms with E-state index in [1.54, 1.807) is 0 Å². The molecule has 0 aliphatic rings. The summed E-state index contributed by atoms with van der Waals surface area (Å²) >= 11 is 0. The third kappa shape index (κ3) is 4.07. The first-order valence-electron chi connectivity index (χ1n) is 8.39. The molecule has 2 nitrogen and oxygen atoms in total. The van der Waals surface area contributed by atoms with Crippen molar-refractivity contribution < 1.29 is 62.2 Å². The van der Waals surface area contributed by atoms with Gasteiger partial charge in [-0.15, -0.1) is 0 Å². The van der Waals surface area contributed by atoms with Gasteiger partial charge < -0.3 is 10.0 Å². The highest BCUT2D eigenvalue weighted by Gasteiger charge is 2.91. The minimum absolute atomic E-state index is 0.00849. The molecule has 2 atom stereocenters. The van der Waals surface area contributed by atoms with Gasteiger partial charge in [-0.25, -0.2) is 0 Å². The van der Waals surface area contributed by atoms with E-state index < -0.39 is 53.4 Å². The molecule has 0 aliphatic carbocycles. The Labute approximate surface area is 172 Å². The fraction of sp³-hybridized carbons (Fsp3) is 0.647. The lowest BCUT2D eigenvalue weighted by molar-refractivity contribution is -0.444. The van der Waals surface area contributed by atoms with Crippen molar-refractivity contribution in [3.8, 4) is 0 Å². The number of hydrogen-bond donors (Lipinski definition) is 1. The molecule has 1 aromatic carbocycles. The first-order valence-corrected chi connectivity index (χ1v) is 8.39. The quantitative estimate of drug-likeness (QED) is 0.435. The van der Waals surface area contributed by atoms with E-state index in [4.69, 9.17) is 0 Å². The molecule has 186 valence electrons. The van der Waals surface area contributed by atoms with Crippen LogP contribution in [0.3, 0.4) is 0 Å². The summed E-state index contributed by atoms with van der Waals surface area (Å²) in [5.41, 5.74) is -0.166. The molecule has 1 aromatic rings. The Kier molecular flexibility index (Phi) is 7.14. The van der Waals surface area contributed by atoms with Crippen molar-refractivity contribution in [3.63, 3.8) is 0 Å². The Bertz CT molecular complexity index is 787. The van der Waals surface area contributed by atoms with Gasteiger partial charge in [-0.1, -0.05) is 19.1 Å². The topological polar surface area (TPSA) is 23.5 Å². The molecule has 0 radical (unpaired) electrons. The van der Waals surface area contributed by atoms with Gasteiger partial charge in [-0.2, -0.15) is 57.1 Å². The number of benzene rings is 1. The molecule has 0 aromatic heterocycles. The van der Waals surface area contributed by atoms with Gasteiger partial charge in [0, 0.05) is 19.8 Å². The number of aliphatic hydroxyl groups excluding tert-OH is 1. The molecule has 0 amide bonds. The van der Waals surface area contributed by atoms with Crippen LogP contribution in [-0.2, 0) is 0 Å². The number of alkyl halides is 13. The lowest BCUT2D eigenvalue weighted by atomic mass is 9.83. The van der Waals surface area contributed by atoms with E-state index in [-0.39, 0.29) is 6.92 Å². The Morgan fingerprint density at radius 3 is 1.38 bits per heavy atom. The van der Waals surface area contributed by atoms with Crippen molar-refractivity contribution in [3.05, 3.63) is 29.8 Å². The van der Waals surface area contributed by atoms with E-state index in [2.05, 4.69) is 0 Å². The van der Waals surface area contributed by atoms with Crippen LogP contribution in [0.4, 0.5) is 62.8 Å². The SMILES string of the molecule is CC(C(O)c1ccc(N(C)C)cc1)C(F)(F)C(F)(F)C(F)(F)C(F)(F)C(F)(F)C(F)(F)F. The Morgan fingerprint density at radius 1 is 0.656 bits per heavy atom. The fourth-order valence-electron chi connectivity index (χ4n) is 2.52. The van der Waals surface area contributed by atoms with E-state index in [1.807, 2.05) is 0 Å². The lowest BCUT2D eigenvalue weighted by Gasteiger charge is -2.42. The highest BCUT2D eigenvalue weighted by Crippen LogP contribution is 2.61. The highest BCUT2D eigenvalue weighted by atomic mass is 19.4. The first kappa shape index (κ1) is 28.1. The summed E-state index contributed by atoms with van der Waals surface area (Å²) in [7, 11) is 3.06. The van der Waals surface area contributed by atoms with Crippen LogP contribution in [0.2, 0.25) is 0 Å². The van der Waals surface area contributed by atoms with Crippen LogP contribution < -0.4 is 4.90 Å². The molecule has 1 N–H and O–H groups in total. The van der Waals surface area contributed by atoms with Crippen LogP contribution in [0.15, 0.2) is 24.3 Å². The van der Waals surface area contributed by atoms with Gasteiger partial charge >= 0.3 is 35.8 Å². The Morgan fingerprint density at radius 2 is 1.03 bits per heavy atom. The smallest absolute Gasteiger partial charge is 0.388 e. The molecule has 0 saturated carbocycles. The predicted octanol–water partition coefficient (Wildman–Crippen LogP) is 6.16. The molecule has 0 heterocycles. The summed E-state index contributed by atoms with van der Waals surface area (Å²) in [6.07, 6.45) is -10.2. The van der Waals surface area contributed by atoms with Gasteiger partial charge in [-0.05, 0) is 17.7 Å². The number of anilines is 1. The zero-order valence-electron chi connectivity index (χ0n) is 16.3. The molecule has 1 rings (SSSR count). The minimum Gasteiger partial charge on any atom is -0.388 e. The number of hydrogen-bond acceptors (Lipinski definition) is 2. The standard InChI is InChI=1S/C17H16F13NO/c1-8(11(32)9-4-6-10(7-5-9)31(2)3)12(18,19)13(20,21)14(22,23)15(24,25)16(26,27)17(28,29)30/h4-8,11,32H,1-3H3. The summed E-state index contributed by atoms with van der Waals surface area (Å²) in [4.78, 5) is 1.48. The molecule has 0 bridgehead atoms. The minimum atomic E-state index is -7.97. The van der Waals surface area contributed by atoms with Crippen molar-refractivity contribution in [2.75, 3.05) is 19.0 Å². The van der Waals surface area contributed by atoms with Crippen LogP contribution in [0.5, 0.6) is 0 Å². The zero-order chi connectivity index (χ0) is 25.7. The normalized spacial score (nSPS) is 16.7. The van der Waals surface area contributed by atoms with Gasteiger partial charge in [0.2, 0.25) is 0 Å². The van der Waals surface area contributed by atoms with Crippen molar-refractivity contribution in [1.29, 1.82) is 0 Å². The average Bonchev–Trinajstić information content (AvgIpc) is 2.65. The van der Waals surface area contributed by atoms with Crippen LogP contribution in [-0.4, -0.2) is 55.0 Å². The van der Waals surface area contributed by atoms with E-state index in [0.29, 0.717) is 5.69 Å². The largest absolute Gasteiger partial charge is 0.460 e. The summed E-state index contributed by atoms with van der Waals surface area (Å²) < 4.78 is 172. The molecule has 0 saturated heterocycles. The van der Waals surface area contributed by atoms with E-state index in [1.165, 1.54) is 31.1 Å². The van der Waals surface area contributed by atoms with Gasteiger partial charge in [0.15, 0.2) is 0 Å².